The van der Waals surface area contributed by atoms with E-state index in [1.54, 1.807) is 0 Å². The second kappa shape index (κ2) is 5.27. The van der Waals surface area contributed by atoms with Gasteiger partial charge in [-0.1, -0.05) is 6.92 Å². The summed E-state index contributed by atoms with van der Waals surface area (Å²) in [5.41, 5.74) is 0.269. The highest BCUT2D eigenvalue weighted by molar-refractivity contribution is 5.95. The average Bonchev–Trinajstić information content (AvgIpc) is 2.31. The molecule has 1 aromatic carbocycles. The Bertz CT molecular complexity index is 428. The van der Waals surface area contributed by atoms with Gasteiger partial charge in [0.15, 0.2) is 0 Å². The van der Waals surface area contributed by atoms with Crippen LogP contribution in [0.5, 0.6) is 11.5 Å². The summed E-state index contributed by atoms with van der Waals surface area (Å²) in [6, 6.07) is 3.96. The van der Waals surface area contributed by atoms with E-state index in [9.17, 15) is 15.0 Å². The molecule has 2 unspecified atom stereocenters. The molecule has 1 fully saturated rings. The Balaban J connectivity index is 2.06. The summed E-state index contributed by atoms with van der Waals surface area (Å²) in [6.07, 6.45) is 1.02. The van der Waals surface area contributed by atoms with Gasteiger partial charge >= 0.3 is 0 Å². The maximum Gasteiger partial charge on any atom is 0.251 e. The smallest absolute Gasteiger partial charge is 0.251 e. The third-order valence-electron chi connectivity index (χ3n) is 3.31. The molecule has 2 rings (SSSR count). The minimum Gasteiger partial charge on any atom is -0.508 e. The Kier molecular flexibility index (Phi) is 3.72. The predicted molar refractivity (Wildman–Crippen MR) is 67.7 cm³/mol. The summed E-state index contributed by atoms with van der Waals surface area (Å²) in [5.74, 6) is -0.0900. The molecule has 0 aromatic heterocycles. The van der Waals surface area contributed by atoms with Crippen molar-refractivity contribution in [2.45, 2.75) is 19.4 Å². The molecule has 0 radical (unpaired) electrons. The van der Waals surface area contributed by atoms with Crippen molar-refractivity contribution < 1.29 is 15.0 Å². The van der Waals surface area contributed by atoms with Crippen LogP contribution < -0.4 is 10.6 Å². The molecule has 1 saturated heterocycles. The maximum absolute atomic E-state index is 12.0. The number of hydrogen-bond acceptors (Lipinski definition) is 4. The molecule has 0 saturated carbocycles. The molecule has 5 heteroatoms. The Labute approximate surface area is 106 Å². The standard InChI is InChI=1S/C13H18N2O3/c1-8-2-3-14-7-12(8)15-13(18)9-4-10(16)6-11(17)5-9/h4-6,8,12,14,16-17H,2-3,7H2,1H3,(H,15,18). The van der Waals surface area contributed by atoms with Crippen molar-refractivity contribution in [3.05, 3.63) is 23.8 Å². The molecule has 0 aliphatic carbocycles. The van der Waals surface area contributed by atoms with Crippen molar-refractivity contribution in [1.82, 2.24) is 10.6 Å². The van der Waals surface area contributed by atoms with Crippen LogP contribution >= 0.6 is 0 Å². The SMILES string of the molecule is CC1CCNCC1NC(=O)c1cc(O)cc(O)c1. The van der Waals surface area contributed by atoms with Crippen molar-refractivity contribution in [3.8, 4) is 11.5 Å². The minimum atomic E-state index is -0.276. The van der Waals surface area contributed by atoms with Gasteiger partial charge in [-0.05, 0) is 31.0 Å². The van der Waals surface area contributed by atoms with Crippen LogP contribution in [0.3, 0.4) is 0 Å². The van der Waals surface area contributed by atoms with Gasteiger partial charge in [0.2, 0.25) is 0 Å². The first-order valence-corrected chi connectivity index (χ1v) is 6.11. The van der Waals surface area contributed by atoms with Gasteiger partial charge in [0.25, 0.3) is 5.91 Å². The molecule has 2 atom stereocenters. The molecule has 1 aliphatic heterocycles. The molecule has 5 nitrogen and oxygen atoms in total. The number of nitrogens with one attached hydrogen (secondary N) is 2. The Hall–Kier alpha value is -1.75. The van der Waals surface area contributed by atoms with Crippen LogP contribution in [0, 0.1) is 5.92 Å². The molecule has 1 amide bonds. The summed E-state index contributed by atoms with van der Waals surface area (Å²) in [4.78, 5) is 12.0. The number of aromatic hydroxyl groups is 2. The van der Waals surface area contributed by atoms with Gasteiger partial charge in [-0.25, -0.2) is 0 Å². The minimum absolute atomic E-state index is 0.0794. The van der Waals surface area contributed by atoms with Crippen molar-refractivity contribution in [1.29, 1.82) is 0 Å². The normalized spacial score (nSPS) is 23.6. The van der Waals surface area contributed by atoms with Gasteiger partial charge in [0.05, 0.1) is 0 Å². The molecule has 4 N–H and O–H groups in total. The van der Waals surface area contributed by atoms with Crippen LogP contribution in [0.15, 0.2) is 18.2 Å². The number of phenolic OH excluding ortho intramolecular Hbond substituents is 2. The number of phenols is 2. The van der Waals surface area contributed by atoms with Crippen molar-refractivity contribution in [2.75, 3.05) is 13.1 Å². The predicted octanol–water partition coefficient (Wildman–Crippen LogP) is 0.826. The second-order valence-corrected chi connectivity index (χ2v) is 4.79. The summed E-state index contributed by atoms with van der Waals surface area (Å²) in [5, 5.41) is 24.8. The van der Waals surface area contributed by atoms with Crippen LogP contribution in [0.1, 0.15) is 23.7 Å². The lowest BCUT2D eigenvalue weighted by atomic mass is 9.94. The van der Waals surface area contributed by atoms with Crippen molar-refractivity contribution in [3.63, 3.8) is 0 Å². The van der Waals surface area contributed by atoms with Gasteiger partial charge in [-0.3, -0.25) is 4.79 Å². The highest BCUT2D eigenvalue weighted by atomic mass is 16.3. The van der Waals surface area contributed by atoms with E-state index in [0.29, 0.717) is 5.92 Å². The van der Waals surface area contributed by atoms with E-state index in [2.05, 4.69) is 17.6 Å². The Morgan fingerprint density at radius 2 is 2.00 bits per heavy atom. The number of hydrogen-bond donors (Lipinski definition) is 4. The van der Waals surface area contributed by atoms with Gasteiger partial charge in [-0.2, -0.15) is 0 Å². The summed E-state index contributed by atoms with van der Waals surface area (Å²) in [6.45, 7) is 3.82. The van der Waals surface area contributed by atoms with Gasteiger partial charge in [-0.15, -0.1) is 0 Å². The first-order chi connectivity index (χ1) is 8.56. The fraction of sp³-hybridized carbons (Fsp3) is 0.462. The average molecular weight is 250 g/mol. The number of piperidine rings is 1. The quantitative estimate of drug-likeness (QED) is 0.626. The zero-order chi connectivity index (χ0) is 13.1. The highest BCUT2D eigenvalue weighted by Crippen LogP contribution is 2.21. The molecular weight excluding hydrogens is 232 g/mol. The van der Waals surface area contributed by atoms with Crippen LogP contribution in [-0.2, 0) is 0 Å². The highest BCUT2D eigenvalue weighted by Gasteiger charge is 2.23. The van der Waals surface area contributed by atoms with E-state index in [-0.39, 0.29) is 29.0 Å². The van der Waals surface area contributed by atoms with Crippen LogP contribution in [0.2, 0.25) is 0 Å². The van der Waals surface area contributed by atoms with Crippen LogP contribution in [-0.4, -0.2) is 35.3 Å². The molecule has 0 spiro atoms. The molecule has 98 valence electrons. The lowest BCUT2D eigenvalue weighted by Gasteiger charge is -2.30. The molecular formula is C13H18N2O3. The fourth-order valence-corrected chi connectivity index (χ4v) is 2.16. The number of benzene rings is 1. The number of rotatable bonds is 2. The van der Waals surface area contributed by atoms with E-state index >= 15 is 0 Å². The summed E-state index contributed by atoms with van der Waals surface area (Å²) in [7, 11) is 0. The van der Waals surface area contributed by atoms with Crippen LogP contribution in [0.25, 0.3) is 0 Å². The molecule has 1 aliphatic rings. The van der Waals surface area contributed by atoms with E-state index in [1.807, 2.05) is 0 Å². The maximum atomic E-state index is 12.0. The molecule has 1 heterocycles. The van der Waals surface area contributed by atoms with E-state index in [4.69, 9.17) is 0 Å². The van der Waals surface area contributed by atoms with Crippen LogP contribution in [0.4, 0.5) is 0 Å². The Morgan fingerprint density at radius 3 is 2.61 bits per heavy atom. The zero-order valence-corrected chi connectivity index (χ0v) is 10.3. The van der Waals surface area contributed by atoms with Crippen molar-refractivity contribution >= 4 is 5.91 Å². The Morgan fingerprint density at radius 1 is 1.33 bits per heavy atom. The largest absolute Gasteiger partial charge is 0.508 e. The fourth-order valence-electron chi connectivity index (χ4n) is 2.16. The summed E-state index contributed by atoms with van der Waals surface area (Å²) >= 11 is 0. The lowest BCUT2D eigenvalue weighted by Crippen LogP contribution is -2.50. The van der Waals surface area contributed by atoms with E-state index in [1.165, 1.54) is 18.2 Å². The van der Waals surface area contributed by atoms with Crippen molar-refractivity contribution in [2.24, 2.45) is 5.92 Å². The lowest BCUT2D eigenvalue weighted by molar-refractivity contribution is 0.0914. The van der Waals surface area contributed by atoms with E-state index < -0.39 is 0 Å². The molecule has 0 bridgehead atoms. The first-order valence-electron chi connectivity index (χ1n) is 6.11. The molecule has 1 aromatic rings. The third kappa shape index (κ3) is 2.92. The topological polar surface area (TPSA) is 81.6 Å². The first kappa shape index (κ1) is 12.7. The monoisotopic (exact) mass is 250 g/mol. The number of amides is 1. The van der Waals surface area contributed by atoms with Gasteiger partial charge in [0.1, 0.15) is 11.5 Å². The van der Waals surface area contributed by atoms with Gasteiger partial charge in [0, 0.05) is 24.2 Å². The van der Waals surface area contributed by atoms with E-state index in [0.717, 1.165) is 19.5 Å². The summed E-state index contributed by atoms with van der Waals surface area (Å²) < 4.78 is 0. The third-order valence-corrected chi connectivity index (χ3v) is 3.31. The number of carbonyl (C=O) groups excluding carboxylic acids is 1. The molecule has 18 heavy (non-hydrogen) atoms. The zero-order valence-electron chi connectivity index (χ0n) is 10.3. The number of carbonyl (C=O) groups is 1. The van der Waals surface area contributed by atoms with Gasteiger partial charge < -0.3 is 20.8 Å². The second-order valence-electron chi connectivity index (χ2n) is 4.79.